The van der Waals surface area contributed by atoms with Crippen LogP contribution in [0.5, 0.6) is 11.5 Å². The smallest absolute Gasteiger partial charge is 0.328 e. The summed E-state index contributed by atoms with van der Waals surface area (Å²) in [7, 11) is 1.54. The Labute approximate surface area is 152 Å². The van der Waals surface area contributed by atoms with Crippen LogP contribution in [0.3, 0.4) is 0 Å². The second-order valence-corrected chi connectivity index (χ2v) is 6.07. The molecule has 1 aromatic heterocycles. The van der Waals surface area contributed by atoms with Crippen molar-refractivity contribution >= 4 is 16.9 Å². The number of methoxy groups -OCH3 is 1. The number of H-pyrrole nitrogens is 1. The minimum absolute atomic E-state index is 0.361. The minimum atomic E-state index is -0.772. The summed E-state index contributed by atoms with van der Waals surface area (Å²) in [6.45, 7) is 3.72. The molecule has 134 valence electrons. The Bertz CT molecular complexity index is 930. The molecule has 3 rings (SSSR count). The van der Waals surface area contributed by atoms with Gasteiger partial charge >= 0.3 is 5.97 Å². The Balaban J connectivity index is 1.72. The number of nitrogens with two attached hydrogens (primary N) is 1. The van der Waals surface area contributed by atoms with E-state index in [0.29, 0.717) is 24.3 Å². The van der Waals surface area contributed by atoms with Crippen LogP contribution in [0.2, 0.25) is 0 Å². The van der Waals surface area contributed by atoms with Crippen molar-refractivity contribution < 1.29 is 14.3 Å². The van der Waals surface area contributed by atoms with Gasteiger partial charge in [-0.15, -0.1) is 6.58 Å². The molecule has 0 radical (unpaired) electrons. The molecule has 0 saturated carbocycles. The molecule has 0 fully saturated rings. The van der Waals surface area contributed by atoms with Gasteiger partial charge in [-0.3, -0.25) is 0 Å². The fourth-order valence-corrected chi connectivity index (χ4v) is 2.89. The van der Waals surface area contributed by atoms with E-state index in [9.17, 15) is 4.79 Å². The van der Waals surface area contributed by atoms with E-state index in [1.807, 2.05) is 42.6 Å². The Morgan fingerprint density at radius 1 is 1.27 bits per heavy atom. The topological polar surface area (TPSA) is 77.3 Å². The maximum atomic E-state index is 12.4. The lowest BCUT2D eigenvalue weighted by molar-refractivity contribution is -0.135. The maximum Gasteiger partial charge on any atom is 0.328 e. The monoisotopic (exact) mass is 350 g/mol. The van der Waals surface area contributed by atoms with Crippen molar-refractivity contribution in [2.24, 2.45) is 5.73 Å². The zero-order valence-corrected chi connectivity index (χ0v) is 14.7. The number of allylic oxidation sites excluding steroid dienone is 1. The van der Waals surface area contributed by atoms with Gasteiger partial charge in [0.05, 0.1) is 7.11 Å². The summed E-state index contributed by atoms with van der Waals surface area (Å²) in [6, 6.07) is 12.5. The van der Waals surface area contributed by atoms with E-state index in [1.54, 1.807) is 12.1 Å². The normalized spacial score (nSPS) is 11.9. The lowest BCUT2D eigenvalue weighted by Gasteiger charge is -2.14. The molecule has 3 N–H and O–H groups in total. The van der Waals surface area contributed by atoms with Crippen LogP contribution in [0, 0.1) is 0 Å². The first-order valence-electron chi connectivity index (χ1n) is 8.42. The van der Waals surface area contributed by atoms with Crippen LogP contribution in [0.15, 0.2) is 61.3 Å². The first-order chi connectivity index (χ1) is 12.6. The highest BCUT2D eigenvalue weighted by atomic mass is 16.6. The number of esters is 1. The number of para-hydroxylation sites is 1. The fraction of sp³-hybridized carbons (Fsp3) is 0.190. The highest BCUT2D eigenvalue weighted by molar-refractivity contribution is 5.85. The number of hydrogen-bond acceptors (Lipinski definition) is 4. The van der Waals surface area contributed by atoms with Gasteiger partial charge in [-0.25, -0.2) is 4.79 Å². The van der Waals surface area contributed by atoms with Crippen LogP contribution in [0.1, 0.15) is 11.1 Å². The molecule has 0 saturated heterocycles. The number of nitrogens with one attached hydrogen (secondary N) is 1. The minimum Gasteiger partial charge on any atom is -0.493 e. The van der Waals surface area contributed by atoms with Crippen molar-refractivity contribution in [3.8, 4) is 11.5 Å². The zero-order valence-electron chi connectivity index (χ0n) is 14.7. The van der Waals surface area contributed by atoms with E-state index in [2.05, 4.69) is 11.6 Å². The molecule has 2 aromatic carbocycles. The highest BCUT2D eigenvalue weighted by Crippen LogP contribution is 2.29. The van der Waals surface area contributed by atoms with Crippen molar-refractivity contribution in [3.63, 3.8) is 0 Å². The third-order valence-electron chi connectivity index (χ3n) is 4.24. The molecule has 26 heavy (non-hydrogen) atoms. The Kier molecular flexibility index (Phi) is 5.39. The standard InChI is InChI=1S/C21H22N2O3/c1-3-6-14-9-10-19(20(11-14)25-2)26-21(24)17(22)12-15-13-23-18-8-5-4-7-16(15)18/h3-5,7-11,13,17,23H,1,6,12,22H2,2H3. The van der Waals surface area contributed by atoms with Crippen molar-refractivity contribution in [1.82, 2.24) is 4.98 Å². The molecule has 1 unspecified atom stereocenters. The van der Waals surface area contributed by atoms with Crippen molar-refractivity contribution in [2.75, 3.05) is 7.11 Å². The zero-order chi connectivity index (χ0) is 18.5. The van der Waals surface area contributed by atoms with E-state index < -0.39 is 12.0 Å². The van der Waals surface area contributed by atoms with E-state index >= 15 is 0 Å². The van der Waals surface area contributed by atoms with Crippen LogP contribution in [-0.2, 0) is 17.6 Å². The summed E-state index contributed by atoms with van der Waals surface area (Å²) in [6.07, 6.45) is 4.78. The van der Waals surface area contributed by atoms with Crippen LogP contribution in [0.4, 0.5) is 0 Å². The number of carbonyl (C=O) groups excluding carboxylic acids is 1. The van der Waals surface area contributed by atoms with Gasteiger partial charge in [-0.2, -0.15) is 0 Å². The van der Waals surface area contributed by atoms with Crippen LogP contribution >= 0.6 is 0 Å². The molecule has 0 aliphatic carbocycles. The molecular formula is C21H22N2O3. The number of fused-ring (bicyclic) bond motifs is 1. The first-order valence-corrected chi connectivity index (χ1v) is 8.42. The fourth-order valence-electron chi connectivity index (χ4n) is 2.89. The Hall–Kier alpha value is -3.05. The van der Waals surface area contributed by atoms with Gasteiger partial charge in [-0.05, 0) is 35.7 Å². The van der Waals surface area contributed by atoms with Gasteiger partial charge in [0.1, 0.15) is 6.04 Å². The largest absolute Gasteiger partial charge is 0.493 e. The number of benzene rings is 2. The van der Waals surface area contributed by atoms with Crippen molar-refractivity contribution in [1.29, 1.82) is 0 Å². The van der Waals surface area contributed by atoms with Crippen LogP contribution in [0.25, 0.3) is 10.9 Å². The summed E-state index contributed by atoms with van der Waals surface area (Å²) in [5.74, 6) is 0.363. The van der Waals surface area contributed by atoms with Gasteiger partial charge in [-0.1, -0.05) is 30.3 Å². The molecule has 1 heterocycles. The van der Waals surface area contributed by atoms with Gasteiger partial charge in [0.15, 0.2) is 11.5 Å². The van der Waals surface area contributed by atoms with E-state index in [-0.39, 0.29) is 0 Å². The lowest BCUT2D eigenvalue weighted by atomic mass is 10.1. The third kappa shape index (κ3) is 3.78. The molecule has 5 nitrogen and oxygen atoms in total. The van der Waals surface area contributed by atoms with E-state index in [0.717, 1.165) is 22.0 Å². The summed E-state index contributed by atoms with van der Waals surface area (Å²) < 4.78 is 10.8. The molecule has 3 aromatic rings. The first kappa shape index (κ1) is 17.8. The number of aromatic nitrogens is 1. The third-order valence-corrected chi connectivity index (χ3v) is 4.24. The predicted octanol–water partition coefficient (Wildman–Crippen LogP) is 3.38. The summed E-state index contributed by atoms with van der Waals surface area (Å²) >= 11 is 0. The molecule has 5 heteroatoms. The molecular weight excluding hydrogens is 328 g/mol. The Morgan fingerprint density at radius 2 is 2.08 bits per heavy atom. The second kappa shape index (κ2) is 7.89. The lowest BCUT2D eigenvalue weighted by Crippen LogP contribution is -2.36. The number of carbonyl (C=O) groups is 1. The van der Waals surface area contributed by atoms with Crippen LogP contribution in [-0.4, -0.2) is 24.1 Å². The Morgan fingerprint density at radius 3 is 2.85 bits per heavy atom. The van der Waals surface area contributed by atoms with Gasteiger partial charge < -0.3 is 20.2 Å². The number of aromatic amines is 1. The number of rotatable bonds is 7. The van der Waals surface area contributed by atoms with Crippen molar-refractivity contribution in [2.45, 2.75) is 18.9 Å². The summed E-state index contributed by atoms with van der Waals surface area (Å²) in [5.41, 5.74) is 9.10. The average Bonchev–Trinajstić information content (AvgIpc) is 3.06. The van der Waals surface area contributed by atoms with E-state index in [4.69, 9.17) is 15.2 Å². The van der Waals surface area contributed by atoms with Gasteiger partial charge in [0.2, 0.25) is 0 Å². The number of ether oxygens (including phenoxy) is 2. The van der Waals surface area contributed by atoms with Gasteiger partial charge in [0, 0.05) is 23.5 Å². The quantitative estimate of drug-likeness (QED) is 0.389. The SMILES string of the molecule is C=CCc1ccc(OC(=O)C(N)Cc2c[nH]c3ccccc23)c(OC)c1. The summed E-state index contributed by atoms with van der Waals surface area (Å²) in [4.78, 5) is 15.6. The summed E-state index contributed by atoms with van der Waals surface area (Å²) in [5, 5.41) is 1.06. The van der Waals surface area contributed by atoms with Crippen LogP contribution < -0.4 is 15.2 Å². The molecule has 1 atom stereocenters. The molecule has 0 spiro atoms. The number of hydrogen-bond donors (Lipinski definition) is 2. The van der Waals surface area contributed by atoms with Gasteiger partial charge in [0.25, 0.3) is 0 Å². The molecule has 0 aliphatic heterocycles. The highest BCUT2D eigenvalue weighted by Gasteiger charge is 2.20. The maximum absolute atomic E-state index is 12.4. The van der Waals surface area contributed by atoms with E-state index in [1.165, 1.54) is 7.11 Å². The molecule has 0 aliphatic rings. The molecule has 0 bridgehead atoms. The average molecular weight is 350 g/mol. The predicted molar refractivity (Wildman–Crippen MR) is 103 cm³/mol. The van der Waals surface area contributed by atoms with Crippen molar-refractivity contribution in [3.05, 3.63) is 72.4 Å². The second-order valence-electron chi connectivity index (χ2n) is 6.07. The molecule has 0 amide bonds.